The topological polar surface area (TPSA) is 41.1 Å². The van der Waals surface area contributed by atoms with E-state index in [4.69, 9.17) is 0 Å². The predicted octanol–water partition coefficient (Wildman–Crippen LogP) is 4.01. The highest BCUT2D eigenvalue weighted by Gasteiger charge is 2.11. The molecular formula is C16H21BrN4. The van der Waals surface area contributed by atoms with E-state index in [0.717, 1.165) is 29.8 Å². The Hall–Kier alpha value is -1.62. The monoisotopic (exact) mass is 348 g/mol. The van der Waals surface area contributed by atoms with Crippen molar-refractivity contribution in [1.82, 2.24) is 9.97 Å². The van der Waals surface area contributed by atoms with Gasteiger partial charge in [0.2, 0.25) is 5.95 Å². The van der Waals surface area contributed by atoms with Crippen LogP contribution in [0.3, 0.4) is 0 Å². The fourth-order valence-electron chi connectivity index (χ4n) is 2.07. The van der Waals surface area contributed by atoms with Crippen molar-refractivity contribution in [2.24, 2.45) is 0 Å². The molecule has 0 saturated heterocycles. The Kier molecular flexibility index (Phi) is 5.56. The lowest BCUT2D eigenvalue weighted by atomic mass is 10.1. The first-order valence-corrected chi connectivity index (χ1v) is 7.93. The zero-order valence-electron chi connectivity index (χ0n) is 12.7. The fourth-order valence-corrected chi connectivity index (χ4v) is 2.56. The van der Waals surface area contributed by atoms with E-state index in [1.807, 2.05) is 7.05 Å². The third-order valence-corrected chi connectivity index (χ3v) is 3.85. The number of aromatic nitrogens is 2. The Morgan fingerprint density at radius 3 is 2.76 bits per heavy atom. The van der Waals surface area contributed by atoms with Crippen molar-refractivity contribution in [2.45, 2.75) is 26.8 Å². The molecule has 1 N–H and O–H groups in total. The molecule has 2 aromatic rings. The van der Waals surface area contributed by atoms with E-state index in [1.165, 1.54) is 11.1 Å². The number of anilines is 2. The van der Waals surface area contributed by atoms with Gasteiger partial charge in [-0.1, -0.05) is 31.2 Å². The van der Waals surface area contributed by atoms with E-state index in [2.05, 4.69) is 74.2 Å². The molecule has 0 amide bonds. The first-order valence-electron chi connectivity index (χ1n) is 7.14. The molecule has 0 aliphatic rings. The molecule has 0 radical (unpaired) electrons. The van der Waals surface area contributed by atoms with E-state index in [-0.39, 0.29) is 0 Å². The van der Waals surface area contributed by atoms with Crippen LogP contribution in [0.2, 0.25) is 0 Å². The maximum Gasteiger partial charge on any atom is 0.224 e. The maximum absolute atomic E-state index is 4.59. The first kappa shape index (κ1) is 15.8. The number of benzene rings is 1. The van der Waals surface area contributed by atoms with Crippen LogP contribution in [0.25, 0.3) is 0 Å². The molecule has 0 atom stereocenters. The summed E-state index contributed by atoms with van der Waals surface area (Å²) in [6.45, 7) is 5.95. The third-order valence-electron chi connectivity index (χ3n) is 3.29. The van der Waals surface area contributed by atoms with Crippen LogP contribution in [-0.4, -0.2) is 23.6 Å². The van der Waals surface area contributed by atoms with Gasteiger partial charge in [0, 0.05) is 26.3 Å². The Labute approximate surface area is 134 Å². The van der Waals surface area contributed by atoms with Gasteiger partial charge in [-0.05, 0) is 40.4 Å². The second-order valence-corrected chi connectivity index (χ2v) is 5.93. The third kappa shape index (κ3) is 4.17. The molecule has 1 aromatic carbocycles. The van der Waals surface area contributed by atoms with Gasteiger partial charge in [0.05, 0.1) is 4.47 Å². The summed E-state index contributed by atoms with van der Waals surface area (Å²) >= 11 is 3.54. The minimum absolute atomic E-state index is 0.673. The van der Waals surface area contributed by atoms with Gasteiger partial charge in [0.25, 0.3) is 0 Å². The van der Waals surface area contributed by atoms with Crippen LogP contribution in [0, 0.1) is 6.92 Å². The second kappa shape index (κ2) is 7.41. The SMILES string of the molecule is CCCNc1ncc(Br)c(N(C)Cc2ccccc2C)n1. The van der Waals surface area contributed by atoms with E-state index in [9.17, 15) is 0 Å². The van der Waals surface area contributed by atoms with Gasteiger partial charge in [0.15, 0.2) is 0 Å². The molecule has 0 spiro atoms. The van der Waals surface area contributed by atoms with Crippen molar-refractivity contribution in [3.63, 3.8) is 0 Å². The summed E-state index contributed by atoms with van der Waals surface area (Å²) in [6.07, 6.45) is 2.85. The minimum Gasteiger partial charge on any atom is -0.354 e. The van der Waals surface area contributed by atoms with Crippen LogP contribution >= 0.6 is 15.9 Å². The van der Waals surface area contributed by atoms with Crippen molar-refractivity contribution in [1.29, 1.82) is 0 Å². The molecule has 112 valence electrons. The Morgan fingerprint density at radius 1 is 1.29 bits per heavy atom. The largest absolute Gasteiger partial charge is 0.354 e. The van der Waals surface area contributed by atoms with Crippen molar-refractivity contribution < 1.29 is 0 Å². The van der Waals surface area contributed by atoms with E-state index < -0.39 is 0 Å². The van der Waals surface area contributed by atoms with Gasteiger partial charge in [-0.2, -0.15) is 4.98 Å². The number of hydrogen-bond acceptors (Lipinski definition) is 4. The van der Waals surface area contributed by atoms with Gasteiger partial charge in [0.1, 0.15) is 5.82 Å². The summed E-state index contributed by atoms with van der Waals surface area (Å²) in [5.41, 5.74) is 2.59. The molecule has 0 aliphatic carbocycles. The molecular weight excluding hydrogens is 328 g/mol. The average molecular weight is 349 g/mol. The summed E-state index contributed by atoms with van der Waals surface area (Å²) in [5.74, 6) is 1.57. The van der Waals surface area contributed by atoms with Crippen LogP contribution in [0.1, 0.15) is 24.5 Å². The number of hydrogen-bond donors (Lipinski definition) is 1. The van der Waals surface area contributed by atoms with Gasteiger partial charge in [-0.25, -0.2) is 4.98 Å². The van der Waals surface area contributed by atoms with Gasteiger partial charge in [-0.15, -0.1) is 0 Å². The lowest BCUT2D eigenvalue weighted by Gasteiger charge is -2.21. The quantitative estimate of drug-likeness (QED) is 0.856. The molecule has 5 heteroatoms. The van der Waals surface area contributed by atoms with Crippen LogP contribution in [0.4, 0.5) is 11.8 Å². The molecule has 2 rings (SSSR count). The summed E-state index contributed by atoms with van der Waals surface area (Å²) < 4.78 is 0.903. The molecule has 0 bridgehead atoms. The van der Waals surface area contributed by atoms with E-state index in [0.29, 0.717) is 5.95 Å². The zero-order valence-corrected chi connectivity index (χ0v) is 14.3. The number of halogens is 1. The number of nitrogens with zero attached hydrogens (tertiary/aromatic N) is 3. The summed E-state index contributed by atoms with van der Waals surface area (Å²) in [7, 11) is 2.04. The lowest BCUT2D eigenvalue weighted by molar-refractivity contribution is 0.874. The predicted molar refractivity (Wildman–Crippen MR) is 91.8 cm³/mol. The van der Waals surface area contributed by atoms with Crippen molar-refractivity contribution in [2.75, 3.05) is 23.8 Å². The normalized spacial score (nSPS) is 10.5. The minimum atomic E-state index is 0.673. The van der Waals surface area contributed by atoms with Crippen LogP contribution in [0.5, 0.6) is 0 Å². The summed E-state index contributed by atoms with van der Waals surface area (Å²) in [4.78, 5) is 11.0. The van der Waals surface area contributed by atoms with Crippen molar-refractivity contribution in [3.05, 3.63) is 46.1 Å². The zero-order chi connectivity index (χ0) is 15.2. The van der Waals surface area contributed by atoms with Gasteiger partial charge in [-0.3, -0.25) is 0 Å². The maximum atomic E-state index is 4.59. The van der Waals surface area contributed by atoms with Gasteiger partial charge < -0.3 is 10.2 Å². The van der Waals surface area contributed by atoms with Crippen LogP contribution < -0.4 is 10.2 Å². The number of rotatable bonds is 6. The van der Waals surface area contributed by atoms with Crippen molar-refractivity contribution >= 4 is 27.7 Å². The number of nitrogens with one attached hydrogen (secondary N) is 1. The smallest absolute Gasteiger partial charge is 0.224 e. The highest BCUT2D eigenvalue weighted by atomic mass is 79.9. The van der Waals surface area contributed by atoms with E-state index in [1.54, 1.807) is 6.20 Å². The number of aryl methyl sites for hydroxylation is 1. The fraction of sp³-hybridized carbons (Fsp3) is 0.375. The molecule has 0 saturated carbocycles. The molecule has 21 heavy (non-hydrogen) atoms. The Bertz CT molecular complexity index is 601. The molecule has 0 aliphatic heterocycles. The van der Waals surface area contributed by atoms with E-state index >= 15 is 0 Å². The summed E-state index contributed by atoms with van der Waals surface area (Å²) in [6, 6.07) is 8.41. The first-order chi connectivity index (χ1) is 10.1. The average Bonchev–Trinajstić information content (AvgIpc) is 2.48. The summed E-state index contributed by atoms with van der Waals surface area (Å²) in [5, 5.41) is 3.22. The van der Waals surface area contributed by atoms with Crippen LogP contribution in [-0.2, 0) is 6.54 Å². The van der Waals surface area contributed by atoms with Crippen molar-refractivity contribution in [3.8, 4) is 0 Å². The highest BCUT2D eigenvalue weighted by Crippen LogP contribution is 2.25. The van der Waals surface area contributed by atoms with Gasteiger partial charge >= 0.3 is 0 Å². The Morgan fingerprint density at radius 2 is 2.05 bits per heavy atom. The molecule has 4 nitrogen and oxygen atoms in total. The molecule has 0 fully saturated rings. The molecule has 1 heterocycles. The Balaban J connectivity index is 2.18. The standard InChI is InChI=1S/C16H21BrN4/c1-4-9-18-16-19-10-14(17)15(20-16)21(3)11-13-8-6-5-7-12(13)2/h5-8,10H,4,9,11H2,1-3H3,(H,18,19,20). The lowest BCUT2D eigenvalue weighted by Crippen LogP contribution is -2.20. The highest BCUT2D eigenvalue weighted by molar-refractivity contribution is 9.10. The second-order valence-electron chi connectivity index (χ2n) is 5.07. The van der Waals surface area contributed by atoms with Crippen LogP contribution in [0.15, 0.2) is 34.9 Å². The molecule has 1 aromatic heterocycles. The molecule has 0 unspecified atom stereocenters.